The van der Waals surface area contributed by atoms with Gasteiger partial charge in [0.1, 0.15) is 11.3 Å². The fourth-order valence-electron chi connectivity index (χ4n) is 2.29. The van der Waals surface area contributed by atoms with E-state index in [1.54, 1.807) is 18.7 Å². The lowest BCUT2D eigenvalue weighted by atomic mass is 10.1. The smallest absolute Gasteiger partial charge is 0.256 e. The van der Waals surface area contributed by atoms with Crippen LogP contribution in [0.4, 0.5) is 0 Å². The van der Waals surface area contributed by atoms with Crippen LogP contribution in [0.1, 0.15) is 28.7 Å². The molecule has 7 nitrogen and oxygen atoms in total. The molecule has 2 heterocycles. The van der Waals surface area contributed by atoms with Gasteiger partial charge in [0.2, 0.25) is 10.0 Å². The Morgan fingerprint density at radius 1 is 1.41 bits per heavy atom. The quantitative estimate of drug-likeness (QED) is 0.812. The van der Waals surface area contributed by atoms with Crippen molar-refractivity contribution in [1.29, 1.82) is 0 Å². The molecule has 1 aliphatic heterocycles. The molecule has 124 valence electrons. The summed E-state index contributed by atoms with van der Waals surface area (Å²) in [6.45, 7) is 4.73. The average molecular weight is 347 g/mol. The molecule has 0 radical (unpaired) electrons. The summed E-state index contributed by atoms with van der Waals surface area (Å²) in [6.07, 6.45) is 0.587. The first-order valence-electron chi connectivity index (χ1n) is 7.24. The van der Waals surface area contributed by atoms with Gasteiger partial charge in [0, 0.05) is 31.1 Å². The Morgan fingerprint density at radius 2 is 2.09 bits per heavy atom. The summed E-state index contributed by atoms with van der Waals surface area (Å²) in [6, 6.07) is 0. The predicted molar refractivity (Wildman–Crippen MR) is 85.6 cm³/mol. The Morgan fingerprint density at radius 3 is 2.73 bits per heavy atom. The summed E-state index contributed by atoms with van der Waals surface area (Å²) < 4.78 is 30.9. The van der Waals surface area contributed by atoms with Crippen LogP contribution in [0.15, 0.2) is 4.52 Å². The van der Waals surface area contributed by atoms with E-state index < -0.39 is 10.0 Å². The van der Waals surface area contributed by atoms with Crippen LogP contribution >= 0.6 is 11.8 Å². The maximum absolute atomic E-state index is 12.2. The number of aromatic nitrogens is 1. The van der Waals surface area contributed by atoms with Crippen LogP contribution in [0.3, 0.4) is 0 Å². The second-order valence-electron chi connectivity index (χ2n) is 5.00. The van der Waals surface area contributed by atoms with Crippen molar-refractivity contribution in [3.63, 3.8) is 0 Å². The zero-order valence-electron chi connectivity index (χ0n) is 12.8. The fraction of sp³-hybridized carbons (Fsp3) is 0.692. The summed E-state index contributed by atoms with van der Waals surface area (Å²) in [5.74, 6) is 1.68. The molecule has 22 heavy (non-hydrogen) atoms. The summed E-state index contributed by atoms with van der Waals surface area (Å²) in [7, 11) is -3.31. The van der Waals surface area contributed by atoms with Crippen molar-refractivity contribution in [3.05, 3.63) is 17.0 Å². The van der Waals surface area contributed by atoms with Gasteiger partial charge in [0.25, 0.3) is 5.91 Å². The zero-order chi connectivity index (χ0) is 16.2. The second-order valence-corrected chi connectivity index (χ2v) is 8.31. The Balaban J connectivity index is 1.90. The lowest BCUT2D eigenvalue weighted by molar-refractivity contribution is 0.0954. The molecule has 0 aromatic carbocycles. The molecule has 1 saturated heterocycles. The standard InChI is InChI=1S/C13H21N3O4S2/c1-3-11-12(10(2)20-15-11)13(17)14-4-9-22(18,19)16-5-7-21-8-6-16/h3-9H2,1-2H3,(H,14,17). The number of hydrogen-bond acceptors (Lipinski definition) is 6. The van der Waals surface area contributed by atoms with E-state index >= 15 is 0 Å². The molecule has 1 fully saturated rings. The number of rotatable bonds is 6. The summed E-state index contributed by atoms with van der Waals surface area (Å²) >= 11 is 1.75. The van der Waals surface area contributed by atoms with Gasteiger partial charge in [-0.15, -0.1) is 0 Å². The highest BCUT2D eigenvalue weighted by atomic mass is 32.2. The zero-order valence-corrected chi connectivity index (χ0v) is 14.4. The fourth-order valence-corrected chi connectivity index (χ4v) is 4.78. The largest absolute Gasteiger partial charge is 0.361 e. The molecule has 0 bridgehead atoms. The Hall–Kier alpha value is -1.06. The first-order chi connectivity index (χ1) is 10.5. The van der Waals surface area contributed by atoms with Crippen LogP contribution in [0, 0.1) is 6.92 Å². The van der Waals surface area contributed by atoms with E-state index in [1.807, 2.05) is 6.92 Å². The van der Waals surface area contributed by atoms with Crippen molar-refractivity contribution in [2.24, 2.45) is 0 Å². The number of carbonyl (C=O) groups is 1. The summed E-state index contributed by atoms with van der Waals surface area (Å²) in [4.78, 5) is 12.1. The van der Waals surface area contributed by atoms with Crippen LogP contribution in [0.5, 0.6) is 0 Å². The lowest BCUT2D eigenvalue weighted by Crippen LogP contribution is -2.42. The maximum Gasteiger partial charge on any atom is 0.256 e. The third-order valence-corrected chi connectivity index (χ3v) is 6.32. The summed E-state index contributed by atoms with van der Waals surface area (Å²) in [5, 5.41) is 6.47. The lowest BCUT2D eigenvalue weighted by Gasteiger charge is -2.25. The van der Waals surface area contributed by atoms with Crippen LogP contribution in [0.25, 0.3) is 0 Å². The normalized spacial score (nSPS) is 16.6. The third-order valence-electron chi connectivity index (χ3n) is 3.50. The number of hydrogen-bond donors (Lipinski definition) is 1. The van der Waals surface area contributed by atoms with E-state index in [0.29, 0.717) is 36.5 Å². The molecule has 1 aromatic heterocycles. The Bertz CT molecular complexity index is 621. The van der Waals surface area contributed by atoms with E-state index in [2.05, 4.69) is 10.5 Å². The summed E-state index contributed by atoms with van der Waals surface area (Å²) in [5.41, 5.74) is 1.00. The highest BCUT2D eigenvalue weighted by Crippen LogP contribution is 2.14. The van der Waals surface area contributed by atoms with E-state index in [1.165, 1.54) is 4.31 Å². The molecule has 1 amide bonds. The monoisotopic (exact) mass is 347 g/mol. The molecule has 2 rings (SSSR count). The van der Waals surface area contributed by atoms with Crippen molar-refractivity contribution in [2.45, 2.75) is 20.3 Å². The van der Waals surface area contributed by atoms with Crippen molar-refractivity contribution in [2.75, 3.05) is 36.9 Å². The Labute approximate surface area is 134 Å². The van der Waals surface area contributed by atoms with Gasteiger partial charge in [-0.25, -0.2) is 12.7 Å². The van der Waals surface area contributed by atoms with Crippen molar-refractivity contribution in [1.82, 2.24) is 14.8 Å². The van der Waals surface area contributed by atoms with Crippen molar-refractivity contribution >= 4 is 27.7 Å². The van der Waals surface area contributed by atoms with Crippen LogP contribution in [-0.4, -0.2) is 60.7 Å². The van der Waals surface area contributed by atoms with Gasteiger partial charge < -0.3 is 9.84 Å². The number of amides is 1. The number of thioether (sulfide) groups is 1. The van der Waals surface area contributed by atoms with Crippen LogP contribution < -0.4 is 5.32 Å². The Kier molecular flexibility index (Phi) is 5.87. The van der Waals surface area contributed by atoms with E-state index in [9.17, 15) is 13.2 Å². The number of sulfonamides is 1. The van der Waals surface area contributed by atoms with Gasteiger partial charge in [-0.1, -0.05) is 12.1 Å². The van der Waals surface area contributed by atoms with Gasteiger partial charge in [0.15, 0.2) is 0 Å². The molecule has 1 N–H and O–H groups in total. The number of aryl methyl sites for hydroxylation is 2. The molecule has 0 atom stereocenters. The van der Waals surface area contributed by atoms with Crippen LogP contribution in [-0.2, 0) is 16.4 Å². The molecular weight excluding hydrogens is 326 g/mol. The SMILES string of the molecule is CCc1noc(C)c1C(=O)NCCS(=O)(=O)N1CCSCC1. The minimum Gasteiger partial charge on any atom is -0.361 e. The van der Waals surface area contributed by atoms with E-state index in [0.717, 1.165) is 11.5 Å². The van der Waals surface area contributed by atoms with Gasteiger partial charge in [-0.3, -0.25) is 4.79 Å². The predicted octanol–water partition coefficient (Wildman–Crippen LogP) is 0.654. The maximum atomic E-state index is 12.2. The number of nitrogens with zero attached hydrogens (tertiary/aromatic N) is 2. The van der Waals surface area contributed by atoms with Gasteiger partial charge in [-0.2, -0.15) is 11.8 Å². The van der Waals surface area contributed by atoms with Crippen molar-refractivity contribution in [3.8, 4) is 0 Å². The molecule has 0 unspecified atom stereocenters. The second kappa shape index (κ2) is 7.47. The average Bonchev–Trinajstić information content (AvgIpc) is 2.89. The van der Waals surface area contributed by atoms with E-state index in [4.69, 9.17) is 4.52 Å². The highest BCUT2D eigenvalue weighted by Gasteiger charge is 2.24. The molecule has 0 aliphatic carbocycles. The van der Waals surface area contributed by atoms with Gasteiger partial charge in [0.05, 0.1) is 11.4 Å². The first kappa shape index (κ1) is 17.3. The number of carbonyl (C=O) groups excluding carboxylic acids is 1. The first-order valence-corrected chi connectivity index (χ1v) is 10.0. The van der Waals surface area contributed by atoms with Crippen molar-refractivity contribution < 1.29 is 17.7 Å². The minimum absolute atomic E-state index is 0.0819. The molecule has 9 heteroatoms. The van der Waals surface area contributed by atoms with E-state index in [-0.39, 0.29) is 18.2 Å². The molecule has 1 aromatic rings. The minimum atomic E-state index is -3.31. The van der Waals surface area contributed by atoms with Gasteiger partial charge >= 0.3 is 0 Å². The molecule has 1 aliphatic rings. The molecular formula is C13H21N3O4S2. The highest BCUT2D eigenvalue weighted by molar-refractivity contribution is 7.99. The number of nitrogens with one attached hydrogen (secondary N) is 1. The third kappa shape index (κ3) is 4.02. The van der Waals surface area contributed by atoms with Crippen LogP contribution in [0.2, 0.25) is 0 Å². The molecule has 0 saturated carbocycles. The molecule has 0 spiro atoms. The van der Waals surface area contributed by atoms with Gasteiger partial charge in [-0.05, 0) is 13.3 Å². The topological polar surface area (TPSA) is 92.5 Å².